The number of hydrogen-bond donors (Lipinski definition) is 3. The van der Waals surface area contributed by atoms with Crippen LogP contribution in [0.3, 0.4) is 0 Å². The molecule has 1 amide bonds. The summed E-state index contributed by atoms with van der Waals surface area (Å²) in [6, 6.07) is 0. The van der Waals surface area contributed by atoms with Crippen LogP contribution in [0.15, 0.2) is 5.16 Å². The molecule has 0 aromatic rings. The Balaban J connectivity index is 2.54. The second-order valence-electron chi connectivity index (χ2n) is 5.03. The van der Waals surface area contributed by atoms with Crippen LogP contribution in [0.1, 0.15) is 46.0 Å². The van der Waals surface area contributed by atoms with Gasteiger partial charge in [0.1, 0.15) is 5.41 Å². The van der Waals surface area contributed by atoms with Gasteiger partial charge in [-0.3, -0.25) is 4.79 Å². The predicted molar refractivity (Wildman–Crippen MR) is 66.8 cm³/mol. The molecule has 0 aromatic heterocycles. The van der Waals surface area contributed by atoms with E-state index < -0.39 is 5.41 Å². The first-order valence-corrected chi connectivity index (χ1v) is 6.31. The van der Waals surface area contributed by atoms with E-state index in [9.17, 15) is 4.79 Å². The van der Waals surface area contributed by atoms with E-state index in [0.29, 0.717) is 18.9 Å². The number of amides is 1. The van der Waals surface area contributed by atoms with Gasteiger partial charge in [-0.15, -0.1) is 0 Å². The molecule has 5 heteroatoms. The molecule has 1 atom stereocenters. The van der Waals surface area contributed by atoms with Gasteiger partial charge in [-0.25, -0.2) is 0 Å². The fraction of sp³-hybridized carbons (Fsp3) is 0.833. The molecule has 1 saturated carbocycles. The van der Waals surface area contributed by atoms with Gasteiger partial charge in [0.05, 0.1) is 0 Å². The van der Waals surface area contributed by atoms with Gasteiger partial charge in [0.15, 0.2) is 5.84 Å². The Morgan fingerprint density at radius 2 is 2.12 bits per heavy atom. The highest BCUT2D eigenvalue weighted by Gasteiger charge is 2.36. The molecule has 98 valence electrons. The van der Waals surface area contributed by atoms with E-state index >= 15 is 0 Å². The van der Waals surface area contributed by atoms with Crippen LogP contribution in [0.25, 0.3) is 0 Å². The highest BCUT2D eigenvalue weighted by atomic mass is 16.4. The van der Waals surface area contributed by atoms with Crippen LogP contribution in [0, 0.1) is 11.3 Å². The minimum absolute atomic E-state index is 0.0241. The van der Waals surface area contributed by atoms with E-state index in [-0.39, 0.29) is 11.7 Å². The van der Waals surface area contributed by atoms with Crippen molar-refractivity contribution in [3.63, 3.8) is 0 Å². The van der Waals surface area contributed by atoms with Crippen LogP contribution in [-0.2, 0) is 4.79 Å². The third-order valence-electron chi connectivity index (χ3n) is 3.91. The fourth-order valence-electron chi connectivity index (χ4n) is 2.21. The lowest BCUT2D eigenvalue weighted by molar-refractivity contribution is -0.127. The smallest absolute Gasteiger partial charge is 0.233 e. The van der Waals surface area contributed by atoms with Crippen molar-refractivity contribution in [3.05, 3.63) is 0 Å². The lowest BCUT2D eigenvalue weighted by atomic mass is 9.85. The molecule has 0 bridgehead atoms. The molecule has 0 radical (unpaired) electrons. The zero-order valence-electron chi connectivity index (χ0n) is 10.7. The Labute approximate surface area is 102 Å². The maximum absolute atomic E-state index is 12.1. The standard InChI is InChI=1S/C12H23N3O2/c1-3-12(2,10(13)15-17)11(16)14-8-9-6-4-5-7-9/h9,17H,3-8H2,1-2H3,(H2,13,15)(H,14,16). The maximum Gasteiger partial charge on any atom is 0.233 e. The number of amidine groups is 1. The van der Waals surface area contributed by atoms with Crippen molar-refractivity contribution in [1.29, 1.82) is 0 Å². The van der Waals surface area contributed by atoms with E-state index in [2.05, 4.69) is 10.5 Å². The average Bonchev–Trinajstić information content (AvgIpc) is 2.86. The third-order valence-corrected chi connectivity index (χ3v) is 3.91. The minimum Gasteiger partial charge on any atom is -0.409 e. The molecule has 1 unspecified atom stereocenters. The quantitative estimate of drug-likeness (QED) is 0.295. The fourth-order valence-corrected chi connectivity index (χ4v) is 2.21. The van der Waals surface area contributed by atoms with Crippen LogP contribution in [0.5, 0.6) is 0 Å². The molecule has 0 aliphatic heterocycles. The van der Waals surface area contributed by atoms with Crippen LogP contribution in [-0.4, -0.2) is 23.5 Å². The van der Waals surface area contributed by atoms with Crippen molar-refractivity contribution in [1.82, 2.24) is 5.32 Å². The monoisotopic (exact) mass is 241 g/mol. The van der Waals surface area contributed by atoms with E-state index in [1.807, 2.05) is 6.92 Å². The van der Waals surface area contributed by atoms with Crippen molar-refractivity contribution >= 4 is 11.7 Å². The third kappa shape index (κ3) is 3.11. The Bertz CT molecular complexity index is 298. The first kappa shape index (κ1) is 13.8. The Morgan fingerprint density at radius 3 is 2.59 bits per heavy atom. The first-order valence-electron chi connectivity index (χ1n) is 6.31. The zero-order chi connectivity index (χ0) is 12.9. The van der Waals surface area contributed by atoms with Crippen molar-refractivity contribution in [2.24, 2.45) is 22.2 Å². The van der Waals surface area contributed by atoms with Crippen molar-refractivity contribution in [2.75, 3.05) is 6.54 Å². The number of oxime groups is 1. The summed E-state index contributed by atoms with van der Waals surface area (Å²) in [5.74, 6) is 0.415. The summed E-state index contributed by atoms with van der Waals surface area (Å²) >= 11 is 0. The van der Waals surface area contributed by atoms with Gasteiger partial charge in [0.2, 0.25) is 5.91 Å². The van der Waals surface area contributed by atoms with Gasteiger partial charge in [0, 0.05) is 6.54 Å². The Morgan fingerprint density at radius 1 is 1.53 bits per heavy atom. The zero-order valence-corrected chi connectivity index (χ0v) is 10.7. The second-order valence-corrected chi connectivity index (χ2v) is 5.03. The topological polar surface area (TPSA) is 87.7 Å². The molecule has 1 rings (SSSR count). The minimum atomic E-state index is -0.909. The Hall–Kier alpha value is -1.26. The molecule has 0 heterocycles. The highest BCUT2D eigenvalue weighted by Crippen LogP contribution is 2.25. The molecular weight excluding hydrogens is 218 g/mol. The molecule has 4 N–H and O–H groups in total. The normalized spacial score (nSPS) is 21.2. The van der Waals surface area contributed by atoms with E-state index in [1.54, 1.807) is 6.92 Å². The van der Waals surface area contributed by atoms with Crippen molar-refractivity contribution in [2.45, 2.75) is 46.0 Å². The first-order chi connectivity index (χ1) is 8.04. The molecule has 0 saturated heterocycles. The number of carbonyl (C=O) groups is 1. The SMILES string of the molecule is CCC(C)(C(=O)NCC1CCCC1)C(N)=NO. The van der Waals surface area contributed by atoms with Gasteiger partial charge < -0.3 is 16.3 Å². The Kier molecular flexibility index (Phi) is 4.78. The summed E-state index contributed by atoms with van der Waals surface area (Å²) < 4.78 is 0. The highest BCUT2D eigenvalue weighted by molar-refractivity contribution is 6.06. The molecule has 5 nitrogen and oxygen atoms in total. The molecule has 17 heavy (non-hydrogen) atoms. The molecule has 1 aliphatic carbocycles. The molecule has 0 aromatic carbocycles. The summed E-state index contributed by atoms with van der Waals surface area (Å²) in [5.41, 5.74) is 4.68. The summed E-state index contributed by atoms with van der Waals surface area (Å²) in [7, 11) is 0. The lowest BCUT2D eigenvalue weighted by Gasteiger charge is -2.26. The second kappa shape index (κ2) is 5.89. The van der Waals surface area contributed by atoms with Crippen LogP contribution in [0.2, 0.25) is 0 Å². The van der Waals surface area contributed by atoms with Gasteiger partial charge in [-0.2, -0.15) is 0 Å². The number of hydrogen-bond acceptors (Lipinski definition) is 3. The lowest BCUT2D eigenvalue weighted by Crippen LogP contribution is -2.48. The molecular formula is C12H23N3O2. The van der Waals surface area contributed by atoms with Crippen LogP contribution in [0.4, 0.5) is 0 Å². The molecule has 0 spiro atoms. The number of carbonyl (C=O) groups excluding carboxylic acids is 1. The van der Waals surface area contributed by atoms with Crippen molar-refractivity contribution < 1.29 is 10.0 Å². The summed E-state index contributed by atoms with van der Waals surface area (Å²) in [5, 5.41) is 14.6. The van der Waals surface area contributed by atoms with Crippen LogP contribution < -0.4 is 11.1 Å². The number of nitrogens with two attached hydrogens (primary N) is 1. The number of nitrogens with one attached hydrogen (secondary N) is 1. The van der Waals surface area contributed by atoms with Gasteiger partial charge in [0.25, 0.3) is 0 Å². The average molecular weight is 241 g/mol. The van der Waals surface area contributed by atoms with E-state index in [0.717, 1.165) is 0 Å². The largest absolute Gasteiger partial charge is 0.409 e. The van der Waals surface area contributed by atoms with Crippen molar-refractivity contribution in [3.8, 4) is 0 Å². The molecule has 1 fully saturated rings. The van der Waals surface area contributed by atoms with Gasteiger partial charge >= 0.3 is 0 Å². The van der Waals surface area contributed by atoms with Gasteiger partial charge in [-0.1, -0.05) is 24.9 Å². The van der Waals surface area contributed by atoms with Crippen LogP contribution >= 0.6 is 0 Å². The molecule has 1 aliphatic rings. The summed E-state index contributed by atoms with van der Waals surface area (Å²) in [6.45, 7) is 4.26. The predicted octanol–water partition coefficient (Wildman–Crippen LogP) is 1.46. The van der Waals surface area contributed by atoms with Gasteiger partial charge in [-0.05, 0) is 32.1 Å². The maximum atomic E-state index is 12.1. The van der Waals surface area contributed by atoms with E-state index in [1.165, 1.54) is 25.7 Å². The number of rotatable bonds is 5. The van der Waals surface area contributed by atoms with E-state index in [4.69, 9.17) is 10.9 Å². The summed E-state index contributed by atoms with van der Waals surface area (Å²) in [6.07, 6.45) is 5.40. The summed E-state index contributed by atoms with van der Waals surface area (Å²) in [4.78, 5) is 12.1. The number of nitrogens with zero attached hydrogens (tertiary/aromatic N) is 1.